The van der Waals surface area contributed by atoms with E-state index in [1.54, 1.807) is 0 Å². The molecule has 0 spiro atoms. The smallest absolute Gasteiger partial charge is 0.170 e. The number of hydrogen-bond acceptors (Lipinski definition) is 4. The molecule has 1 unspecified atom stereocenters. The Morgan fingerprint density at radius 1 is 1.53 bits per heavy atom. The number of thioether (sulfide) groups is 1. The van der Waals surface area contributed by atoms with Gasteiger partial charge in [-0.2, -0.15) is 11.8 Å². The second-order valence-electron chi connectivity index (χ2n) is 4.45. The molecule has 0 saturated carbocycles. The normalized spacial score (nSPS) is 13.5. The topological polar surface area (TPSA) is 70.6 Å². The minimum absolute atomic E-state index is 0.147. The highest BCUT2D eigenvalue weighted by molar-refractivity contribution is 7.99. The van der Waals surface area contributed by atoms with Gasteiger partial charge in [0, 0.05) is 18.2 Å². The molecule has 0 aliphatic rings. The van der Waals surface area contributed by atoms with Crippen LogP contribution >= 0.6 is 11.8 Å². The molecule has 1 aromatic rings. The first-order valence-electron chi connectivity index (χ1n) is 6.55. The van der Waals surface area contributed by atoms with Crippen molar-refractivity contribution in [2.75, 3.05) is 11.5 Å². The van der Waals surface area contributed by atoms with Crippen LogP contribution in [0.5, 0.6) is 0 Å². The first kappa shape index (κ1) is 15.9. The summed E-state index contributed by atoms with van der Waals surface area (Å²) in [5.74, 6) is 2.51. The van der Waals surface area contributed by atoms with Gasteiger partial charge >= 0.3 is 0 Å². The van der Waals surface area contributed by atoms with E-state index in [4.69, 9.17) is 10.9 Å². The molecule has 19 heavy (non-hydrogen) atoms. The lowest BCUT2D eigenvalue weighted by molar-refractivity contribution is 0.318. The van der Waals surface area contributed by atoms with Crippen LogP contribution < -0.4 is 11.1 Å². The molecule has 0 fully saturated rings. The lowest BCUT2D eigenvalue weighted by Gasteiger charge is -2.13. The van der Waals surface area contributed by atoms with Crippen molar-refractivity contribution in [3.8, 4) is 0 Å². The zero-order chi connectivity index (χ0) is 14.1. The Balaban J connectivity index is 2.45. The Hall–Kier alpha value is -1.20. The molecule has 1 rings (SSSR count). The molecule has 0 aromatic heterocycles. The highest BCUT2D eigenvalue weighted by Gasteiger charge is 2.03. The number of nitrogens with zero attached hydrogens (tertiary/aromatic N) is 1. The lowest BCUT2D eigenvalue weighted by atomic mass is 10.1. The summed E-state index contributed by atoms with van der Waals surface area (Å²) in [6.45, 7) is 5.18. The van der Waals surface area contributed by atoms with Crippen molar-refractivity contribution < 1.29 is 5.21 Å². The van der Waals surface area contributed by atoms with E-state index in [-0.39, 0.29) is 5.84 Å². The van der Waals surface area contributed by atoms with Crippen LogP contribution in [0.4, 0.5) is 0 Å². The van der Waals surface area contributed by atoms with Crippen LogP contribution in [0.15, 0.2) is 29.4 Å². The van der Waals surface area contributed by atoms with Gasteiger partial charge in [-0.25, -0.2) is 0 Å². The molecule has 0 radical (unpaired) electrons. The molecule has 1 aromatic carbocycles. The second kappa shape index (κ2) is 8.82. The largest absolute Gasteiger partial charge is 0.409 e. The maximum absolute atomic E-state index is 8.66. The van der Waals surface area contributed by atoms with Crippen LogP contribution in [-0.4, -0.2) is 28.6 Å². The molecule has 1 atom stereocenters. The molecule has 0 saturated heterocycles. The molecular weight excluding hydrogens is 258 g/mol. The van der Waals surface area contributed by atoms with Crippen LogP contribution in [0, 0.1) is 0 Å². The Morgan fingerprint density at radius 3 is 3.00 bits per heavy atom. The Kier molecular flexibility index (Phi) is 7.36. The molecule has 0 aliphatic carbocycles. The van der Waals surface area contributed by atoms with Crippen molar-refractivity contribution in [1.29, 1.82) is 0 Å². The zero-order valence-corrected chi connectivity index (χ0v) is 12.4. The van der Waals surface area contributed by atoms with E-state index in [0.717, 1.165) is 17.7 Å². The third kappa shape index (κ3) is 5.98. The molecule has 0 amide bonds. The minimum Gasteiger partial charge on any atom is -0.409 e. The highest BCUT2D eigenvalue weighted by Crippen LogP contribution is 2.07. The van der Waals surface area contributed by atoms with Gasteiger partial charge in [0.15, 0.2) is 5.84 Å². The van der Waals surface area contributed by atoms with Gasteiger partial charge in [-0.15, -0.1) is 0 Å². The summed E-state index contributed by atoms with van der Waals surface area (Å²) >= 11 is 1.97. The highest BCUT2D eigenvalue weighted by atomic mass is 32.2. The average Bonchev–Trinajstić information content (AvgIpc) is 2.45. The fourth-order valence-electron chi connectivity index (χ4n) is 1.70. The third-order valence-corrected chi connectivity index (χ3v) is 3.82. The number of nitrogens with two attached hydrogens (primary N) is 1. The van der Waals surface area contributed by atoms with Gasteiger partial charge in [-0.3, -0.25) is 0 Å². The first-order chi connectivity index (χ1) is 9.17. The van der Waals surface area contributed by atoms with Crippen molar-refractivity contribution in [2.45, 2.75) is 32.9 Å². The van der Waals surface area contributed by atoms with Crippen LogP contribution in [0.25, 0.3) is 0 Å². The van der Waals surface area contributed by atoms with E-state index >= 15 is 0 Å². The van der Waals surface area contributed by atoms with E-state index in [9.17, 15) is 0 Å². The number of benzene rings is 1. The maximum atomic E-state index is 8.66. The standard InChI is InChI=1S/C14H23N3OS/c1-3-19-8-7-11(2)16-10-12-5-4-6-13(9-12)14(15)17-18/h4-6,9,11,16,18H,3,7-8,10H2,1-2H3,(H2,15,17). The number of amidine groups is 1. The first-order valence-corrected chi connectivity index (χ1v) is 7.70. The van der Waals surface area contributed by atoms with Crippen LogP contribution in [0.1, 0.15) is 31.4 Å². The van der Waals surface area contributed by atoms with Crippen molar-refractivity contribution in [3.63, 3.8) is 0 Å². The predicted octanol–water partition coefficient (Wildman–Crippen LogP) is 2.40. The fourth-order valence-corrected chi connectivity index (χ4v) is 2.51. The maximum Gasteiger partial charge on any atom is 0.170 e. The number of rotatable bonds is 8. The van der Waals surface area contributed by atoms with E-state index in [2.05, 4.69) is 24.3 Å². The third-order valence-electron chi connectivity index (χ3n) is 2.88. The Bertz CT molecular complexity index is 409. The van der Waals surface area contributed by atoms with Gasteiger partial charge in [-0.1, -0.05) is 30.3 Å². The summed E-state index contributed by atoms with van der Waals surface area (Å²) in [6, 6.07) is 8.22. The molecule has 4 N–H and O–H groups in total. The Morgan fingerprint density at radius 2 is 2.32 bits per heavy atom. The van der Waals surface area contributed by atoms with Gasteiger partial charge in [0.1, 0.15) is 0 Å². The molecule has 4 nitrogen and oxygen atoms in total. The molecular formula is C14H23N3OS. The monoisotopic (exact) mass is 281 g/mol. The predicted molar refractivity (Wildman–Crippen MR) is 82.9 cm³/mol. The van der Waals surface area contributed by atoms with E-state index in [1.165, 1.54) is 17.9 Å². The number of hydrogen-bond donors (Lipinski definition) is 3. The van der Waals surface area contributed by atoms with Gasteiger partial charge in [0.25, 0.3) is 0 Å². The number of nitrogens with one attached hydrogen (secondary N) is 1. The average molecular weight is 281 g/mol. The molecule has 0 bridgehead atoms. The van der Waals surface area contributed by atoms with Crippen LogP contribution in [0.3, 0.4) is 0 Å². The van der Waals surface area contributed by atoms with E-state index in [1.807, 2.05) is 36.0 Å². The molecule has 0 aliphatic heterocycles. The van der Waals surface area contributed by atoms with Crippen molar-refractivity contribution in [1.82, 2.24) is 5.32 Å². The van der Waals surface area contributed by atoms with E-state index in [0.29, 0.717) is 6.04 Å². The summed E-state index contributed by atoms with van der Waals surface area (Å²) < 4.78 is 0. The summed E-state index contributed by atoms with van der Waals surface area (Å²) in [5.41, 5.74) is 7.46. The van der Waals surface area contributed by atoms with Crippen molar-refractivity contribution >= 4 is 17.6 Å². The summed E-state index contributed by atoms with van der Waals surface area (Å²) in [7, 11) is 0. The van der Waals surface area contributed by atoms with Crippen LogP contribution in [-0.2, 0) is 6.54 Å². The zero-order valence-electron chi connectivity index (χ0n) is 11.6. The summed E-state index contributed by atoms with van der Waals surface area (Å²) in [5, 5.41) is 15.2. The number of oxime groups is 1. The van der Waals surface area contributed by atoms with Gasteiger partial charge in [0.2, 0.25) is 0 Å². The molecule has 106 valence electrons. The molecule has 0 heterocycles. The van der Waals surface area contributed by atoms with Gasteiger partial charge in [-0.05, 0) is 36.5 Å². The fraction of sp³-hybridized carbons (Fsp3) is 0.500. The van der Waals surface area contributed by atoms with Gasteiger partial charge < -0.3 is 16.3 Å². The SMILES string of the molecule is CCSCCC(C)NCc1cccc(/C(N)=N/O)c1. The minimum atomic E-state index is 0.147. The Labute approximate surface area is 119 Å². The van der Waals surface area contributed by atoms with Crippen molar-refractivity contribution in [2.24, 2.45) is 10.9 Å². The van der Waals surface area contributed by atoms with E-state index < -0.39 is 0 Å². The van der Waals surface area contributed by atoms with Crippen molar-refractivity contribution in [3.05, 3.63) is 35.4 Å². The lowest BCUT2D eigenvalue weighted by Crippen LogP contribution is -2.26. The quantitative estimate of drug-likeness (QED) is 0.225. The summed E-state index contributed by atoms with van der Waals surface area (Å²) in [6.07, 6.45) is 1.17. The summed E-state index contributed by atoms with van der Waals surface area (Å²) in [4.78, 5) is 0. The second-order valence-corrected chi connectivity index (χ2v) is 5.85. The molecule has 5 heteroatoms. The van der Waals surface area contributed by atoms with Gasteiger partial charge in [0.05, 0.1) is 0 Å². The van der Waals surface area contributed by atoms with Crippen LogP contribution in [0.2, 0.25) is 0 Å².